The van der Waals surface area contributed by atoms with Gasteiger partial charge in [-0.25, -0.2) is 0 Å². The predicted molar refractivity (Wildman–Crippen MR) is 79.2 cm³/mol. The van der Waals surface area contributed by atoms with Gasteiger partial charge < -0.3 is 19.5 Å². The van der Waals surface area contributed by atoms with Crippen molar-refractivity contribution < 1.29 is 14.2 Å². The number of para-hydroxylation sites is 1. The van der Waals surface area contributed by atoms with E-state index in [1.54, 1.807) is 0 Å². The normalized spacial score (nSPS) is 20.6. The zero-order valence-corrected chi connectivity index (χ0v) is 12.4. The largest absolute Gasteiger partial charge is 0.494 e. The molecule has 2 unspecified atom stereocenters. The van der Waals surface area contributed by atoms with E-state index < -0.39 is 0 Å². The summed E-state index contributed by atoms with van der Waals surface area (Å²) >= 11 is 0. The van der Waals surface area contributed by atoms with Gasteiger partial charge in [-0.2, -0.15) is 0 Å². The van der Waals surface area contributed by atoms with E-state index in [2.05, 4.69) is 18.3 Å². The molecule has 1 aromatic carbocycles. The molecule has 0 spiro atoms. The molecule has 1 aliphatic rings. The monoisotopic (exact) mass is 279 g/mol. The molecule has 0 bridgehead atoms. The van der Waals surface area contributed by atoms with Crippen molar-refractivity contribution in [3.8, 4) is 5.75 Å². The maximum Gasteiger partial charge on any atom is 0.124 e. The number of benzene rings is 1. The van der Waals surface area contributed by atoms with Crippen LogP contribution in [0, 0.1) is 0 Å². The van der Waals surface area contributed by atoms with Gasteiger partial charge in [-0.05, 0) is 26.0 Å². The Morgan fingerprint density at radius 1 is 1.30 bits per heavy atom. The quantitative estimate of drug-likeness (QED) is 0.832. The molecule has 2 rings (SSSR count). The Kier molecular flexibility index (Phi) is 6.30. The molecule has 0 saturated carbocycles. The number of hydrogen-bond acceptors (Lipinski definition) is 4. The molecule has 4 heteroatoms. The van der Waals surface area contributed by atoms with Crippen LogP contribution in [0.3, 0.4) is 0 Å². The van der Waals surface area contributed by atoms with Crippen LogP contribution in [0.5, 0.6) is 5.75 Å². The van der Waals surface area contributed by atoms with Crippen LogP contribution in [-0.2, 0) is 9.47 Å². The number of nitrogens with one attached hydrogen (secondary N) is 1. The van der Waals surface area contributed by atoms with Gasteiger partial charge in [0.2, 0.25) is 0 Å². The lowest BCUT2D eigenvalue weighted by atomic mass is 10.00. The zero-order valence-electron chi connectivity index (χ0n) is 12.4. The highest BCUT2D eigenvalue weighted by atomic mass is 16.6. The Bertz CT molecular complexity index is 391. The molecule has 2 atom stereocenters. The molecule has 1 saturated heterocycles. The van der Waals surface area contributed by atoms with Gasteiger partial charge in [-0.3, -0.25) is 0 Å². The molecule has 1 aliphatic heterocycles. The Balaban J connectivity index is 2.20. The Labute approximate surface area is 121 Å². The van der Waals surface area contributed by atoms with Crippen molar-refractivity contribution in [1.82, 2.24) is 5.32 Å². The summed E-state index contributed by atoms with van der Waals surface area (Å²) in [5.41, 5.74) is 1.15. The second-order valence-electron chi connectivity index (χ2n) is 4.89. The number of hydrogen-bond donors (Lipinski definition) is 1. The minimum atomic E-state index is 0.0388. The fourth-order valence-corrected chi connectivity index (χ4v) is 2.46. The van der Waals surface area contributed by atoms with Crippen molar-refractivity contribution in [3.05, 3.63) is 29.8 Å². The van der Waals surface area contributed by atoms with Crippen LogP contribution in [0.15, 0.2) is 24.3 Å². The van der Waals surface area contributed by atoms with Gasteiger partial charge in [0, 0.05) is 5.56 Å². The highest BCUT2D eigenvalue weighted by molar-refractivity contribution is 5.36. The summed E-state index contributed by atoms with van der Waals surface area (Å²) < 4.78 is 17.2. The molecular formula is C16H25NO3. The van der Waals surface area contributed by atoms with Crippen LogP contribution < -0.4 is 10.1 Å². The van der Waals surface area contributed by atoms with Crippen molar-refractivity contribution in [2.45, 2.75) is 32.4 Å². The summed E-state index contributed by atoms with van der Waals surface area (Å²) in [6, 6.07) is 8.28. The Morgan fingerprint density at radius 3 is 2.85 bits per heavy atom. The van der Waals surface area contributed by atoms with Crippen molar-refractivity contribution in [2.24, 2.45) is 0 Å². The van der Waals surface area contributed by atoms with Crippen LogP contribution in [0.25, 0.3) is 0 Å². The summed E-state index contributed by atoms with van der Waals surface area (Å²) in [6.07, 6.45) is 1.12. The summed E-state index contributed by atoms with van der Waals surface area (Å²) in [5, 5.41) is 3.57. The van der Waals surface area contributed by atoms with E-state index in [9.17, 15) is 0 Å². The second-order valence-corrected chi connectivity index (χ2v) is 4.89. The molecule has 20 heavy (non-hydrogen) atoms. The molecule has 0 aliphatic carbocycles. The molecule has 1 N–H and O–H groups in total. The third-order valence-corrected chi connectivity index (χ3v) is 3.38. The van der Waals surface area contributed by atoms with Gasteiger partial charge >= 0.3 is 0 Å². The van der Waals surface area contributed by atoms with E-state index >= 15 is 0 Å². The van der Waals surface area contributed by atoms with Crippen LogP contribution in [0.2, 0.25) is 0 Å². The highest BCUT2D eigenvalue weighted by Gasteiger charge is 2.28. The molecule has 0 aromatic heterocycles. The van der Waals surface area contributed by atoms with E-state index in [1.807, 2.05) is 25.1 Å². The Morgan fingerprint density at radius 2 is 2.15 bits per heavy atom. The molecule has 4 nitrogen and oxygen atoms in total. The third kappa shape index (κ3) is 3.95. The second kappa shape index (κ2) is 8.25. The molecule has 1 fully saturated rings. The lowest BCUT2D eigenvalue weighted by Crippen LogP contribution is -2.41. The standard InChI is InChI=1S/C16H25NO3/c1-3-9-17-16(15-12-18-10-11-20-15)13-7-5-6-8-14(13)19-4-2/h5-8,15-17H,3-4,9-12H2,1-2H3. The number of rotatable bonds is 7. The van der Waals surface area contributed by atoms with Crippen molar-refractivity contribution >= 4 is 0 Å². The topological polar surface area (TPSA) is 39.7 Å². The minimum Gasteiger partial charge on any atom is -0.494 e. The first-order valence-corrected chi connectivity index (χ1v) is 7.51. The van der Waals surface area contributed by atoms with Gasteiger partial charge in [0.1, 0.15) is 11.9 Å². The molecule has 1 heterocycles. The van der Waals surface area contributed by atoms with Crippen LogP contribution in [0.1, 0.15) is 31.9 Å². The average Bonchev–Trinajstić information content (AvgIpc) is 2.50. The summed E-state index contributed by atoms with van der Waals surface area (Å²) in [7, 11) is 0. The first-order chi connectivity index (χ1) is 9.86. The average molecular weight is 279 g/mol. The first-order valence-electron chi connectivity index (χ1n) is 7.51. The predicted octanol–water partition coefficient (Wildman–Crippen LogP) is 2.54. The highest BCUT2D eigenvalue weighted by Crippen LogP contribution is 2.29. The van der Waals surface area contributed by atoms with Gasteiger partial charge in [0.25, 0.3) is 0 Å². The van der Waals surface area contributed by atoms with E-state index in [0.717, 1.165) is 24.3 Å². The summed E-state index contributed by atoms with van der Waals surface area (Å²) in [5.74, 6) is 0.928. The fourth-order valence-electron chi connectivity index (χ4n) is 2.46. The molecule has 1 aromatic rings. The smallest absolute Gasteiger partial charge is 0.124 e. The van der Waals surface area contributed by atoms with Gasteiger partial charge in [-0.15, -0.1) is 0 Å². The maximum atomic E-state index is 5.88. The van der Waals surface area contributed by atoms with E-state index in [4.69, 9.17) is 14.2 Å². The lowest BCUT2D eigenvalue weighted by molar-refractivity contribution is -0.102. The third-order valence-electron chi connectivity index (χ3n) is 3.38. The van der Waals surface area contributed by atoms with Gasteiger partial charge in [0.15, 0.2) is 0 Å². The molecular weight excluding hydrogens is 254 g/mol. The minimum absolute atomic E-state index is 0.0388. The Hall–Kier alpha value is -1.10. The van der Waals surface area contributed by atoms with Crippen LogP contribution in [0.4, 0.5) is 0 Å². The lowest BCUT2D eigenvalue weighted by Gasteiger charge is -2.32. The SMILES string of the molecule is CCCNC(c1ccccc1OCC)C1COCCO1. The fraction of sp³-hybridized carbons (Fsp3) is 0.625. The van der Waals surface area contributed by atoms with Crippen LogP contribution >= 0.6 is 0 Å². The zero-order chi connectivity index (χ0) is 14.2. The van der Waals surface area contributed by atoms with Crippen molar-refractivity contribution in [1.29, 1.82) is 0 Å². The van der Waals surface area contributed by atoms with Crippen LogP contribution in [-0.4, -0.2) is 39.1 Å². The molecule has 0 radical (unpaired) electrons. The molecule has 0 amide bonds. The first kappa shape index (κ1) is 15.3. The van der Waals surface area contributed by atoms with E-state index in [-0.39, 0.29) is 12.1 Å². The van der Waals surface area contributed by atoms with Crippen molar-refractivity contribution in [2.75, 3.05) is 33.0 Å². The maximum absolute atomic E-state index is 5.88. The van der Waals surface area contributed by atoms with Crippen molar-refractivity contribution in [3.63, 3.8) is 0 Å². The van der Waals surface area contributed by atoms with E-state index in [1.165, 1.54) is 0 Å². The van der Waals surface area contributed by atoms with Gasteiger partial charge in [-0.1, -0.05) is 25.1 Å². The number of ether oxygens (including phenoxy) is 3. The van der Waals surface area contributed by atoms with E-state index in [0.29, 0.717) is 26.4 Å². The summed E-state index contributed by atoms with van der Waals surface area (Å²) in [4.78, 5) is 0. The molecule has 112 valence electrons. The summed E-state index contributed by atoms with van der Waals surface area (Å²) in [6.45, 7) is 7.75. The van der Waals surface area contributed by atoms with Gasteiger partial charge in [0.05, 0.1) is 32.5 Å².